The Morgan fingerprint density at radius 1 is 1.12 bits per heavy atom. The molecule has 0 spiro atoms. The van der Waals surface area contributed by atoms with Crippen molar-refractivity contribution in [2.45, 2.75) is 37.3 Å². The monoisotopic (exact) mass is 375 g/mol. The minimum atomic E-state index is -4.90. The van der Waals surface area contributed by atoms with E-state index in [0.29, 0.717) is 6.07 Å². The summed E-state index contributed by atoms with van der Waals surface area (Å²) in [5.41, 5.74) is -2.79. The molecule has 0 saturated carbocycles. The van der Waals surface area contributed by atoms with Crippen molar-refractivity contribution >= 4 is 15.6 Å². The third-order valence-electron chi connectivity index (χ3n) is 3.57. The average Bonchev–Trinajstić information content (AvgIpc) is 2.96. The SMILES string of the molecule is CC(C)(C)c1cc(C(=O)c2cnoc2)c(C(F)(F)F)cc1S(C)(=O)=O. The first-order chi connectivity index (χ1) is 11.2. The van der Waals surface area contributed by atoms with E-state index in [4.69, 9.17) is 0 Å². The van der Waals surface area contributed by atoms with E-state index in [-0.39, 0.29) is 11.1 Å². The zero-order valence-electron chi connectivity index (χ0n) is 13.9. The van der Waals surface area contributed by atoms with Gasteiger partial charge in [0, 0.05) is 11.8 Å². The highest BCUT2D eigenvalue weighted by molar-refractivity contribution is 7.90. The first kappa shape index (κ1) is 19.2. The van der Waals surface area contributed by atoms with Gasteiger partial charge >= 0.3 is 6.18 Å². The molecule has 0 aliphatic carbocycles. The van der Waals surface area contributed by atoms with Crippen molar-refractivity contribution < 1.29 is 30.9 Å². The summed E-state index contributed by atoms with van der Waals surface area (Å²) in [6.45, 7) is 4.95. The van der Waals surface area contributed by atoms with E-state index < -0.39 is 43.2 Å². The highest BCUT2D eigenvalue weighted by Gasteiger charge is 2.39. The Bertz CT molecular complexity index is 908. The number of carbonyl (C=O) groups excluding carboxylic acids is 1. The van der Waals surface area contributed by atoms with Crippen molar-refractivity contribution in [1.82, 2.24) is 5.16 Å². The van der Waals surface area contributed by atoms with Crippen LogP contribution < -0.4 is 0 Å². The van der Waals surface area contributed by atoms with Gasteiger partial charge in [0.1, 0.15) is 6.26 Å². The molecule has 9 heteroatoms. The smallest absolute Gasteiger partial charge is 0.364 e. The number of rotatable bonds is 3. The first-order valence-corrected chi connectivity index (χ1v) is 9.02. The van der Waals surface area contributed by atoms with Gasteiger partial charge in [-0.15, -0.1) is 0 Å². The molecule has 0 saturated heterocycles. The van der Waals surface area contributed by atoms with E-state index in [9.17, 15) is 26.4 Å². The Hall–Kier alpha value is -2.16. The number of aromatic nitrogens is 1. The zero-order chi connectivity index (χ0) is 19.2. The lowest BCUT2D eigenvalue weighted by Gasteiger charge is -2.25. The number of sulfone groups is 1. The molecule has 2 aromatic rings. The van der Waals surface area contributed by atoms with E-state index >= 15 is 0 Å². The summed E-state index contributed by atoms with van der Waals surface area (Å²) in [6.07, 6.45) is -2.13. The molecule has 1 aromatic heterocycles. The molecule has 5 nitrogen and oxygen atoms in total. The molecule has 2 rings (SSSR count). The van der Waals surface area contributed by atoms with Crippen molar-refractivity contribution in [2.24, 2.45) is 0 Å². The summed E-state index contributed by atoms with van der Waals surface area (Å²) in [7, 11) is -3.94. The molecular formula is C16H16F3NO4S. The first-order valence-electron chi connectivity index (χ1n) is 7.13. The molecule has 1 aromatic carbocycles. The fourth-order valence-electron chi connectivity index (χ4n) is 2.37. The van der Waals surface area contributed by atoms with Gasteiger partial charge in [0.05, 0.1) is 22.2 Å². The van der Waals surface area contributed by atoms with Crippen LogP contribution >= 0.6 is 0 Å². The van der Waals surface area contributed by atoms with Gasteiger partial charge in [0.15, 0.2) is 15.6 Å². The van der Waals surface area contributed by atoms with Crippen molar-refractivity contribution in [2.75, 3.05) is 6.26 Å². The van der Waals surface area contributed by atoms with Gasteiger partial charge in [-0.25, -0.2) is 8.42 Å². The van der Waals surface area contributed by atoms with Gasteiger partial charge in [0.25, 0.3) is 0 Å². The lowest BCUT2D eigenvalue weighted by Crippen LogP contribution is -2.22. The maximum atomic E-state index is 13.5. The van der Waals surface area contributed by atoms with E-state index in [1.165, 1.54) is 0 Å². The molecule has 0 unspecified atom stereocenters. The lowest BCUT2D eigenvalue weighted by molar-refractivity contribution is -0.138. The zero-order valence-corrected chi connectivity index (χ0v) is 14.7. The molecule has 0 aliphatic heterocycles. The van der Waals surface area contributed by atoms with Gasteiger partial charge in [0.2, 0.25) is 0 Å². The molecule has 0 amide bonds. The van der Waals surface area contributed by atoms with Crippen LogP contribution in [-0.4, -0.2) is 25.6 Å². The maximum Gasteiger partial charge on any atom is 0.417 e. The molecule has 0 atom stereocenters. The third-order valence-corrected chi connectivity index (χ3v) is 4.71. The topological polar surface area (TPSA) is 77.2 Å². The molecular weight excluding hydrogens is 359 g/mol. The van der Waals surface area contributed by atoms with Crippen LogP contribution in [0.25, 0.3) is 0 Å². The van der Waals surface area contributed by atoms with Gasteiger partial charge in [-0.05, 0) is 23.1 Å². The predicted molar refractivity (Wildman–Crippen MR) is 83.2 cm³/mol. The summed E-state index contributed by atoms with van der Waals surface area (Å²) in [5.74, 6) is -0.945. The van der Waals surface area contributed by atoms with E-state index in [0.717, 1.165) is 24.8 Å². The Labute approximate surface area is 142 Å². The van der Waals surface area contributed by atoms with Crippen molar-refractivity contribution in [1.29, 1.82) is 0 Å². The molecule has 136 valence electrons. The standard InChI is InChI=1S/C16H16F3NO4S/c1-15(2,3)12-5-10(14(21)9-7-20-24-8-9)11(16(17,18)19)6-13(12)25(4,22)23/h5-8H,1-4H3. The number of ketones is 1. The average molecular weight is 375 g/mol. The normalized spacial score (nSPS) is 13.1. The molecule has 0 N–H and O–H groups in total. The van der Waals surface area contributed by atoms with Gasteiger partial charge in [-0.3, -0.25) is 4.79 Å². The van der Waals surface area contributed by atoms with Crippen LogP contribution in [0.5, 0.6) is 0 Å². The highest BCUT2D eigenvalue weighted by atomic mass is 32.2. The highest BCUT2D eigenvalue weighted by Crippen LogP contribution is 2.39. The fourth-order valence-corrected chi connectivity index (χ4v) is 3.46. The summed E-state index contributed by atoms with van der Waals surface area (Å²) in [4.78, 5) is 12.0. The van der Waals surface area contributed by atoms with Gasteiger partial charge < -0.3 is 4.52 Å². The number of hydrogen-bond acceptors (Lipinski definition) is 5. The molecule has 1 heterocycles. The Balaban J connectivity index is 2.89. The number of benzene rings is 1. The molecule has 0 fully saturated rings. The molecule has 0 radical (unpaired) electrons. The van der Waals surface area contributed by atoms with Crippen molar-refractivity contribution in [3.8, 4) is 0 Å². The van der Waals surface area contributed by atoms with Gasteiger partial charge in [-0.1, -0.05) is 25.9 Å². The number of carbonyl (C=O) groups is 1. The Morgan fingerprint density at radius 2 is 1.72 bits per heavy atom. The Kier molecular flexibility index (Phi) is 4.58. The number of alkyl halides is 3. The fraction of sp³-hybridized carbons (Fsp3) is 0.375. The van der Waals surface area contributed by atoms with E-state index in [1.807, 2.05) is 0 Å². The van der Waals surface area contributed by atoms with Crippen LogP contribution in [0.15, 0.2) is 34.0 Å². The van der Waals surface area contributed by atoms with Crippen LogP contribution in [0.2, 0.25) is 0 Å². The quantitative estimate of drug-likeness (QED) is 0.766. The minimum absolute atomic E-state index is 0.128. The van der Waals surface area contributed by atoms with Crippen LogP contribution in [0.4, 0.5) is 13.2 Å². The number of halogens is 3. The van der Waals surface area contributed by atoms with Crippen LogP contribution in [-0.2, 0) is 21.4 Å². The number of nitrogens with zero attached hydrogens (tertiary/aromatic N) is 1. The molecule has 0 bridgehead atoms. The summed E-state index contributed by atoms with van der Waals surface area (Å²) in [6, 6.07) is 1.52. The Morgan fingerprint density at radius 3 is 2.12 bits per heavy atom. The number of hydrogen-bond donors (Lipinski definition) is 0. The largest absolute Gasteiger partial charge is 0.417 e. The summed E-state index contributed by atoms with van der Waals surface area (Å²) >= 11 is 0. The third kappa shape index (κ3) is 3.92. The van der Waals surface area contributed by atoms with Crippen molar-refractivity contribution in [3.05, 3.63) is 46.8 Å². The second-order valence-electron chi connectivity index (χ2n) is 6.66. The minimum Gasteiger partial charge on any atom is -0.364 e. The molecule has 0 aliphatic rings. The van der Waals surface area contributed by atoms with Crippen molar-refractivity contribution in [3.63, 3.8) is 0 Å². The van der Waals surface area contributed by atoms with Gasteiger partial charge in [-0.2, -0.15) is 13.2 Å². The second-order valence-corrected chi connectivity index (χ2v) is 8.64. The van der Waals surface area contributed by atoms with E-state index in [1.54, 1.807) is 20.8 Å². The maximum absolute atomic E-state index is 13.5. The summed E-state index contributed by atoms with van der Waals surface area (Å²) in [5, 5.41) is 3.32. The van der Waals surface area contributed by atoms with E-state index in [2.05, 4.69) is 9.68 Å². The van der Waals surface area contributed by atoms with Crippen LogP contribution in [0.3, 0.4) is 0 Å². The molecule has 25 heavy (non-hydrogen) atoms. The summed E-state index contributed by atoms with van der Waals surface area (Å²) < 4.78 is 68.9. The lowest BCUT2D eigenvalue weighted by atomic mass is 9.84. The second kappa shape index (κ2) is 5.98. The van der Waals surface area contributed by atoms with Crippen LogP contribution in [0, 0.1) is 0 Å². The predicted octanol–water partition coefficient (Wildman–Crippen LogP) is 3.63. The van der Waals surface area contributed by atoms with Crippen LogP contribution in [0.1, 0.15) is 47.8 Å².